The second-order valence-corrected chi connectivity index (χ2v) is 6.67. The van der Waals surface area contributed by atoms with Crippen LogP contribution in [0.5, 0.6) is 0 Å². The molecule has 0 nitrogen and oxygen atoms in total. The quantitative estimate of drug-likeness (QED) is 0.553. The Morgan fingerprint density at radius 2 is 1.13 bits per heavy atom. The molecule has 0 radical (unpaired) electrons. The largest absolute Gasteiger partial charge is 0.0588 e. The fraction of sp³-hybridized carbons (Fsp3) is 0.217. The summed E-state index contributed by atoms with van der Waals surface area (Å²) in [5, 5.41) is 0. The SMILES string of the molecule is Cc1ccc(-c2cc3ccc2CCc2ccc(cc2)CC3)cc1. The molecule has 0 heterocycles. The summed E-state index contributed by atoms with van der Waals surface area (Å²) in [5.74, 6) is 0. The predicted octanol–water partition coefficient (Wildman–Crippen LogP) is 5.55. The van der Waals surface area contributed by atoms with E-state index >= 15 is 0 Å². The lowest BCUT2D eigenvalue weighted by Crippen LogP contribution is -2.00. The van der Waals surface area contributed by atoms with E-state index in [4.69, 9.17) is 0 Å². The number of benzene rings is 3. The summed E-state index contributed by atoms with van der Waals surface area (Å²) in [5.41, 5.74) is 9.86. The van der Waals surface area contributed by atoms with E-state index in [2.05, 4.69) is 73.7 Å². The Kier molecular flexibility index (Phi) is 3.75. The minimum Gasteiger partial charge on any atom is -0.0588 e. The topological polar surface area (TPSA) is 0 Å². The van der Waals surface area contributed by atoms with Gasteiger partial charge >= 0.3 is 0 Å². The van der Waals surface area contributed by atoms with Gasteiger partial charge in [-0.2, -0.15) is 0 Å². The van der Waals surface area contributed by atoms with Gasteiger partial charge in [0.15, 0.2) is 0 Å². The molecule has 0 atom stereocenters. The smallest absolute Gasteiger partial charge is 0.0149 e. The maximum Gasteiger partial charge on any atom is -0.0149 e. The third-order valence-corrected chi connectivity index (χ3v) is 4.95. The molecule has 0 amide bonds. The molecule has 4 aliphatic rings. The van der Waals surface area contributed by atoms with Crippen molar-refractivity contribution in [3.8, 4) is 11.1 Å². The lowest BCUT2D eigenvalue weighted by Gasteiger charge is -2.15. The Labute approximate surface area is 138 Å². The Bertz CT molecular complexity index is 808. The molecule has 7 rings (SSSR count). The molecule has 4 aliphatic carbocycles. The first kappa shape index (κ1) is 14.3. The van der Waals surface area contributed by atoms with E-state index in [1.54, 1.807) is 0 Å². The van der Waals surface area contributed by atoms with E-state index in [1.807, 2.05) is 0 Å². The Balaban J connectivity index is 1.78. The first-order chi connectivity index (χ1) is 11.3. The van der Waals surface area contributed by atoms with Crippen LogP contribution in [0.15, 0.2) is 66.7 Å². The summed E-state index contributed by atoms with van der Waals surface area (Å²) in [6.07, 6.45) is 4.44. The maximum atomic E-state index is 2.41. The summed E-state index contributed by atoms with van der Waals surface area (Å²) in [7, 11) is 0. The van der Waals surface area contributed by atoms with Crippen LogP contribution in [0.3, 0.4) is 0 Å². The van der Waals surface area contributed by atoms with E-state index in [0.29, 0.717) is 0 Å². The van der Waals surface area contributed by atoms with Crippen molar-refractivity contribution in [2.24, 2.45) is 0 Å². The number of hydrogen-bond donors (Lipinski definition) is 0. The van der Waals surface area contributed by atoms with Crippen LogP contribution in [0, 0.1) is 6.92 Å². The molecular formula is C23H22. The molecule has 114 valence electrons. The highest BCUT2D eigenvalue weighted by atomic mass is 14.1. The molecule has 0 fully saturated rings. The third kappa shape index (κ3) is 3.07. The Hall–Kier alpha value is -2.34. The zero-order valence-electron chi connectivity index (χ0n) is 13.7. The van der Waals surface area contributed by atoms with Gasteiger partial charge in [0, 0.05) is 0 Å². The second-order valence-electron chi connectivity index (χ2n) is 6.67. The highest BCUT2D eigenvalue weighted by Gasteiger charge is 2.09. The van der Waals surface area contributed by atoms with Gasteiger partial charge in [-0.3, -0.25) is 0 Å². The van der Waals surface area contributed by atoms with Crippen LogP contribution in [0.2, 0.25) is 0 Å². The molecule has 0 spiro atoms. The highest BCUT2D eigenvalue weighted by molar-refractivity contribution is 5.68. The molecule has 3 aromatic rings. The van der Waals surface area contributed by atoms with Crippen molar-refractivity contribution in [1.82, 2.24) is 0 Å². The van der Waals surface area contributed by atoms with E-state index in [0.717, 1.165) is 25.7 Å². The zero-order valence-corrected chi connectivity index (χ0v) is 13.7. The van der Waals surface area contributed by atoms with Crippen molar-refractivity contribution in [3.05, 3.63) is 94.5 Å². The third-order valence-electron chi connectivity index (χ3n) is 4.95. The minimum atomic E-state index is 1.10. The number of rotatable bonds is 1. The van der Waals surface area contributed by atoms with E-state index < -0.39 is 0 Å². The van der Waals surface area contributed by atoms with Gasteiger partial charge in [0.1, 0.15) is 0 Å². The second kappa shape index (κ2) is 6.04. The van der Waals surface area contributed by atoms with E-state index in [1.165, 1.54) is 38.9 Å². The van der Waals surface area contributed by atoms with Crippen molar-refractivity contribution in [2.75, 3.05) is 0 Å². The molecule has 23 heavy (non-hydrogen) atoms. The maximum absolute atomic E-state index is 2.41. The molecule has 3 aromatic carbocycles. The van der Waals surface area contributed by atoms with Gasteiger partial charge < -0.3 is 0 Å². The summed E-state index contributed by atoms with van der Waals surface area (Å²) < 4.78 is 0. The van der Waals surface area contributed by atoms with E-state index in [-0.39, 0.29) is 0 Å². The van der Waals surface area contributed by atoms with Gasteiger partial charge in [-0.25, -0.2) is 0 Å². The van der Waals surface area contributed by atoms with E-state index in [9.17, 15) is 0 Å². The van der Waals surface area contributed by atoms with Gasteiger partial charge in [0.25, 0.3) is 0 Å². The lowest BCUT2D eigenvalue weighted by atomic mass is 9.90. The first-order valence-corrected chi connectivity index (χ1v) is 8.54. The Morgan fingerprint density at radius 3 is 1.83 bits per heavy atom. The number of aryl methyl sites for hydroxylation is 5. The molecule has 0 aliphatic heterocycles. The van der Waals surface area contributed by atoms with Gasteiger partial charge in [-0.05, 0) is 66.0 Å². The summed E-state index contributed by atoms with van der Waals surface area (Å²) in [6.45, 7) is 2.15. The molecule has 0 aromatic heterocycles. The molecular weight excluding hydrogens is 276 g/mol. The van der Waals surface area contributed by atoms with Crippen LogP contribution in [0.25, 0.3) is 11.1 Å². The monoisotopic (exact) mass is 298 g/mol. The summed E-state index contributed by atoms with van der Waals surface area (Å²) in [6, 6.07) is 25.2. The van der Waals surface area contributed by atoms with Gasteiger partial charge in [0.05, 0.1) is 0 Å². The van der Waals surface area contributed by atoms with Gasteiger partial charge in [-0.1, -0.05) is 72.3 Å². The predicted molar refractivity (Wildman–Crippen MR) is 97.9 cm³/mol. The highest BCUT2D eigenvalue weighted by Crippen LogP contribution is 2.28. The lowest BCUT2D eigenvalue weighted by molar-refractivity contribution is 0.923. The fourth-order valence-corrected chi connectivity index (χ4v) is 3.44. The van der Waals surface area contributed by atoms with Crippen LogP contribution in [0.1, 0.15) is 27.8 Å². The molecule has 0 saturated carbocycles. The van der Waals surface area contributed by atoms with Crippen LogP contribution < -0.4 is 0 Å². The van der Waals surface area contributed by atoms with Crippen molar-refractivity contribution in [2.45, 2.75) is 32.6 Å². The van der Waals surface area contributed by atoms with Crippen molar-refractivity contribution >= 4 is 0 Å². The average Bonchev–Trinajstić information content (AvgIpc) is 2.58. The van der Waals surface area contributed by atoms with Crippen LogP contribution in [-0.4, -0.2) is 0 Å². The fourth-order valence-electron chi connectivity index (χ4n) is 3.44. The van der Waals surface area contributed by atoms with Crippen molar-refractivity contribution < 1.29 is 0 Å². The number of hydrogen-bond acceptors (Lipinski definition) is 0. The molecule has 4 bridgehead atoms. The van der Waals surface area contributed by atoms with Gasteiger partial charge in [-0.15, -0.1) is 0 Å². The van der Waals surface area contributed by atoms with Crippen LogP contribution in [-0.2, 0) is 25.7 Å². The summed E-state index contributed by atoms with van der Waals surface area (Å²) in [4.78, 5) is 0. The van der Waals surface area contributed by atoms with Crippen LogP contribution in [0.4, 0.5) is 0 Å². The van der Waals surface area contributed by atoms with Gasteiger partial charge in [0.2, 0.25) is 0 Å². The van der Waals surface area contributed by atoms with Crippen molar-refractivity contribution in [1.29, 1.82) is 0 Å². The Morgan fingerprint density at radius 1 is 0.565 bits per heavy atom. The standard InChI is InChI=1S/C23H22/c1-17-2-12-21(13-3-17)23-16-20-9-8-18-4-6-19(7-5-18)10-14-22(23)15-11-20/h2-7,11-13,15-16H,8-10,14H2,1H3. The molecule has 0 heteroatoms. The average molecular weight is 298 g/mol. The minimum absolute atomic E-state index is 1.10. The van der Waals surface area contributed by atoms with Crippen LogP contribution >= 0.6 is 0 Å². The van der Waals surface area contributed by atoms with Crippen molar-refractivity contribution in [3.63, 3.8) is 0 Å². The molecule has 0 unspecified atom stereocenters. The molecule has 0 N–H and O–H groups in total. The zero-order chi connectivity index (χ0) is 15.6. The normalized spacial score (nSPS) is 13.6. The molecule has 0 saturated heterocycles. The summed E-state index contributed by atoms with van der Waals surface area (Å²) >= 11 is 0. The first-order valence-electron chi connectivity index (χ1n) is 8.54.